The molecule has 1 amide bonds. The van der Waals surface area contributed by atoms with Gasteiger partial charge in [-0.25, -0.2) is 4.98 Å². The average Bonchev–Trinajstić information content (AvgIpc) is 3.18. The number of nitrogens with one attached hydrogen (secondary N) is 1. The lowest BCUT2D eigenvalue weighted by Gasteiger charge is -2.28. The first kappa shape index (κ1) is 17.8. The smallest absolute Gasteiger partial charge is 0.261 e. The van der Waals surface area contributed by atoms with Crippen molar-refractivity contribution in [2.45, 2.75) is 5.03 Å². The van der Waals surface area contributed by atoms with E-state index >= 15 is 0 Å². The number of hydrogen-bond acceptors (Lipinski definition) is 7. The van der Waals surface area contributed by atoms with Crippen molar-refractivity contribution in [2.75, 3.05) is 56.6 Å². The summed E-state index contributed by atoms with van der Waals surface area (Å²) >= 11 is 3.32. The number of morpholine rings is 1. The van der Waals surface area contributed by atoms with Crippen LogP contribution in [0.2, 0.25) is 0 Å². The maximum Gasteiger partial charge on any atom is 0.261 e. The zero-order chi connectivity index (χ0) is 17.8. The number of ether oxygens (including phenoxy) is 1. The molecule has 0 spiro atoms. The van der Waals surface area contributed by atoms with Crippen LogP contribution < -0.4 is 10.2 Å². The molecule has 2 aromatic heterocycles. The first-order valence-corrected chi connectivity index (χ1v) is 10.6. The van der Waals surface area contributed by atoms with Gasteiger partial charge < -0.3 is 15.0 Å². The van der Waals surface area contributed by atoms with Gasteiger partial charge in [0.05, 0.1) is 28.8 Å². The van der Waals surface area contributed by atoms with Crippen LogP contribution in [0.3, 0.4) is 0 Å². The molecule has 0 saturated carbocycles. The van der Waals surface area contributed by atoms with Crippen molar-refractivity contribution in [3.05, 3.63) is 35.3 Å². The summed E-state index contributed by atoms with van der Waals surface area (Å²) in [5.41, 5.74) is 1.13. The number of thioether (sulfide) groups is 1. The van der Waals surface area contributed by atoms with E-state index in [4.69, 9.17) is 4.74 Å². The average molecular weight is 391 g/mol. The van der Waals surface area contributed by atoms with Crippen molar-refractivity contribution >= 4 is 39.7 Å². The molecule has 138 valence electrons. The van der Waals surface area contributed by atoms with Crippen LogP contribution >= 0.6 is 23.1 Å². The van der Waals surface area contributed by atoms with Crippen molar-refractivity contribution < 1.29 is 9.53 Å². The Morgan fingerprint density at radius 2 is 2.12 bits per heavy atom. The highest BCUT2D eigenvalue weighted by Crippen LogP contribution is 2.39. The van der Waals surface area contributed by atoms with Gasteiger partial charge in [0.15, 0.2) is 0 Å². The molecule has 4 rings (SSSR count). The van der Waals surface area contributed by atoms with Crippen LogP contribution in [0.25, 0.3) is 0 Å². The summed E-state index contributed by atoms with van der Waals surface area (Å²) in [4.78, 5) is 22.2. The molecule has 0 aliphatic carbocycles. The van der Waals surface area contributed by atoms with Crippen LogP contribution in [0.1, 0.15) is 9.67 Å². The normalized spacial score (nSPS) is 17.8. The highest BCUT2D eigenvalue weighted by Gasteiger charge is 2.21. The summed E-state index contributed by atoms with van der Waals surface area (Å²) in [5.74, 6) is 1.01. The topological polar surface area (TPSA) is 57.7 Å². The zero-order valence-corrected chi connectivity index (χ0v) is 16.2. The molecule has 0 aromatic carbocycles. The van der Waals surface area contributed by atoms with Crippen LogP contribution in [-0.2, 0) is 4.74 Å². The highest BCUT2D eigenvalue weighted by atomic mass is 32.2. The van der Waals surface area contributed by atoms with Gasteiger partial charge in [0.1, 0.15) is 5.03 Å². The van der Waals surface area contributed by atoms with E-state index in [1.807, 2.05) is 24.4 Å². The van der Waals surface area contributed by atoms with E-state index in [1.54, 1.807) is 23.1 Å². The molecule has 8 heteroatoms. The second-order valence-corrected chi connectivity index (χ2v) is 8.32. The van der Waals surface area contributed by atoms with E-state index in [2.05, 4.69) is 26.2 Å². The van der Waals surface area contributed by atoms with Crippen LogP contribution in [0.15, 0.2) is 35.5 Å². The number of fused-ring (bicyclic) bond motifs is 1. The van der Waals surface area contributed by atoms with E-state index in [1.165, 1.54) is 0 Å². The number of anilines is 2. The number of pyridine rings is 1. The van der Waals surface area contributed by atoms with Crippen LogP contribution in [0.4, 0.5) is 10.7 Å². The SMILES string of the molecule is O=C(NCCN1CCOCC1)c1ccc(N2CCSc3ncccc32)s1. The minimum absolute atomic E-state index is 0.00676. The maximum absolute atomic E-state index is 12.4. The minimum Gasteiger partial charge on any atom is -0.379 e. The Morgan fingerprint density at radius 1 is 1.23 bits per heavy atom. The van der Waals surface area contributed by atoms with Gasteiger partial charge in [-0.05, 0) is 24.3 Å². The first-order chi connectivity index (χ1) is 12.8. The lowest BCUT2D eigenvalue weighted by atomic mass is 10.3. The van der Waals surface area contributed by atoms with Crippen molar-refractivity contribution in [2.24, 2.45) is 0 Å². The zero-order valence-electron chi connectivity index (χ0n) is 14.5. The highest BCUT2D eigenvalue weighted by molar-refractivity contribution is 7.99. The Morgan fingerprint density at radius 3 is 3.00 bits per heavy atom. The van der Waals surface area contributed by atoms with Gasteiger partial charge in [-0.15, -0.1) is 23.1 Å². The summed E-state index contributed by atoms with van der Waals surface area (Å²) in [6.07, 6.45) is 1.83. The Bertz CT molecular complexity index is 761. The van der Waals surface area contributed by atoms with E-state index in [9.17, 15) is 4.79 Å². The Labute approximate surface area is 161 Å². The quantitative estimate of drug-likeness (QED) is 0.846. The Kier molecular flexibility index (Phi) is 5.74. The van der Waals surface area contributed by atoms with Crippen molar-refractivity contribution in [1.82, 2.24) is 15.2 Å². The molecule has 26 heavy (non-hydrogen) atoms. The molecule has 0 unspecified atom stereocenters. The molecular formula is C18H22N4O2S2. The standard InChI is InChI=1S/C18H22N4O2S2/c23-17(19-6-7-21-8-11-24-12-9-21)15-3-4-16(26-15)22-10-13-25-18-14(22)2-1-5-20-18/h1-5H,6-13H2,(H,19,23). The number of carbonyl (C=O) groups is 1. The monoisotopic (exact) mass is 390 g/mol. The molecule has 0 atom stereocenters. The summed E-state index contributed by atoms with van der Waals surface area (Å²) < 4.78 is 5.34. The Balaban J connectivity index is 1.36. The molecule has 1 saturated heterocycles. The number of rotatable bonds is 5. The number of amides is 1. The maximum atomic E-state index is 12.4. The van der Waals surface area contributed by atoms with E-state index in [0.717, 1.165) is 65.7 Å². The molecule has 4 heterocycles. The Hall–Kier alpha value is -1.61. The van der Waals surface area contributed by atoms with Crippen molar-refractivity contribution in [3.8, 4) is 0 Å². The summed E-state index contributed by atoms with van der Waals surface area (Å²) in [6.45, 7) is 5.93. The lowest BCUT2D eigenvalue weighted by molar-refractivity contribution is 0.0383. The minimum atomic E-state index is 0.00676. The largest absolute Gasteiger partial charge is 0.379 e. The van der Waals surface area contributed by atoms with Crippen molar-refractivity contribution in [3.63, 3.8) is 0 Å². The van der Waals surface area contributed by atoms with Gasteiger partial charge >= 0.3 is 0 Å². The molecule has 2 aromatic rings. The van der Waals surface area contributed by atoms with Gasteiger partial charge in [-0.3, -0.25) is 9.69 Å². The molecule has 1 N–H and O–H groups in total. The van der Waals surface area contributed by atoms with Gasteiger partial charge in [0.2, 0.25) is 0 Å². The summed E-state index contributed by atoms with van der Waals surface area (Å²) in [5, 5.41) is 5.19. The van der Waals surface area contributed by atoms with Gasteiger partial charge in [-0.2, -0.15) is 0 Å². The molecule has 0 radical (unpaired) electrons. The number of carbonyl (C=O) groups excluding carboxylic acids is 1. The third kappa shape index (κ3) is 4.03. The third-order valence-corrected chi connectivity index (χ3v) is 6.58. The fraction of sp³-hybridized carbons (Fsp3) is 0.444. The van der Waals surface area contributed by atoms with E-state index in [-0.39, 0.29) is 5.91 Å². The van der Waals surface area contributed by atoms with Crippen molar-refractivity contribution in [1.29, 1.82) is 0 Å². The molecule has 1 fully saturated rings. The van der Waals surface area contributed by atoms with Gasteiger partial charge in [-0.1, -0.05) is 0 Å². The first-order valence-electron chi connectivity index (χ1n) is 8.85. The van der Waals surface area contributed by atoms with Gasteiger partial charge in [0, 0.05) is 44.7 Å². The van der Waals surface area contributed by atoms with E-state index in [0.29, 0.717) is 6.54 Å². The number of thiophene rings is 1. The second-order valence-electron chi connectivity index (χ2n) is 6.18. The predicted octanol–water partition coefficient (Wildman–Crippen LogP) is 2.45. The summed E-state index contributed by atoms with van der Waals surface area (Å²) in [7, 11) is 0. The van der Waals surface area contributed by atoms with E-state index < -0.39 is 0 Å². The van der Waals surface area contributed by atoms with Crippen LogP contribution in [0, 0.1) is 0 Å². The molecule has 6 nitrogen and oxygen atoms in total. The second kappa shape index (κ2) is 8.39. The third-order valence-electron chi connectivity index (χ3n) is 4.49. The van der Waals surface area contributed by atoms with Gasteiger partial charge in [0.25, 0.3) is 5.91 Å². The fourth-order valence-electron chi connectivity index (χ4n) is 3.12. The molecule has 2 aliphatic rings. The number of aromatic nitrogens is 1. The van der Waals surface area contributed by atoms with Crippen LogP contribution in [0.5, 0.6) is 0 Å². The molecule has 2 aliphatic heterocycles. The number of hydrogen-bond donors (Lipinski definition) is 1. The molecular weight excluding hydrogens is 368 g/mol. The fourth-order valence-corrected chi connectivity index (χ4v) is 5.01. The predicted molar refractivity (Wildman–Crippen MR) is 106 cm³/mol. The molecule has 0 bridgehead atoms. The lowest BCUT2D eigenvalue weighted by Crippen LogP contribution is -2.41. The number of nitrogens with zero attached hydrogens (tertiary/aromatic N) is 3. The summed E-state index contributed by atoms with van der Waals surface area (Å²) in [6, 6.07) is 8.01. The van der Waals surface area contributed by atoms with Crippen LogP contribution in [-0.4, -0.2) is 67.5 Å².